The van der Waals surface area contributed by atoms with Gasteiger partial charge in [-0.1, -0.05) is 22.9 Å². The molecule has 0 unspecified atom stereocenters. The van der Waals surface area contributed by atoms with E-state index in [1.807, 2.05) is 10.6 Å². The first-order valence-corrected chi connectivity index (χ1v) is 6.10. The third-order valence-corrected chi connectivity index (χ3v) is 2.89. The van der Waals surface area contributed by atoms with Crippen molar-refractivity contribution in [3.05, 3.63) is 35.7 Å². The Morgan fingerprint density at radius 2 is 2.33 bits per heavy atom. The van der Waals surface area contributed by atoms with Crippen LogP contribution >= 0.6 is 15.9 Å². The maximum absolute atomic E-state index is 13.6. The van der Waals surface area contributed by atoms with Crippen LogP contribution in [0.2, 0.25) is 0 Å². The van der Waals surface area contributed by atoms with Gasteiger partial charge in [0.1, 0.15) is 17.2 Å². The molecule has 2 aromatic rings. The average molecular weight is 271 g/mol. The highest BCUT2D eigenvalue weighted by Gasteiger charge is 2.12. The highest BCUT2D eigenvalue weighted by Crippen LogP contribution is 2.19. The molecule has 0 fully saturated rings. The lowest BCUT2D eigenvalue weighted by Gasteiger charge is -1.99. The van der Waals surface area contributed by atoms with Crippen molar-refractivity contribution in [2.75, 3.05) is 0 Å². The van der Waals surface area contributed by atoms with E-state index in [9.17, 15) is 4.39 Å². The van der Waals surface area contributed by atoms with Crippen molar-refractivity contribution in [3.63, 3.8) is 0 Å². The van der Waals surface area contributed by atoms with E-state index in [0.29, 0.717) is 10.8 Å². The fourth-order valence-corrected chi connectivity index (χ4v) is 2.12. The van der Waals surface area contributed by atoms with Gasteiger partial charge in [-0.05, 0) is 18.6 Å². The molecule has 0 aromatic carbocycles. The number of imidazole rings is 1. The highest BCUT2D eigenvalue weighted by atomic mass is 79.9. The molecule has 0 saturated carbocycles. The van der Waals surface area contributed by atoms with E-state index in [1.54, 1.807) is 6.07 Å². The lowest BCUT2D eigenvalue weighted by molar-refractivity contribution is 0.631. The second-order valence-electron chi connectivity index (χ2n) is 3.43. The van der Waals surface area contributed by atoms with Crippen LogP contribution in [0.25, 0.3) is 5.52 Å². The minimum absolute atomic E-state index is 0.207. The number of nitrogens with zero attached hydrogens (tertiary/aromatic N) is 2. The van der Waals surface area contributed by atoms with Crippen molar-refractivity contribution in [2.45, 2.75) is 25.1 Å². The number of rotatable bonds is 3. The zero-order chi connectivity index (χ0) is 10.8. The van der Waals surface area contributed by atoms with Crippen LogP contribution in [0.5, 0.6) is 0 Å². The Labute approximate surface area is 96.3 Å². The number of fused-ring (bicyclic) bond motifs is 1. The van der Waals surface area contributed by atoms with Crippen LogP contribution < -0.4 is 0 Å². The second-order valence-corrected chi connectivity index (χ2v) is 3.99. The van der Waals surface area contributed by atoms with E-state index < -0.39 is 0 Å². The summed E-state index contributed by atoms with van der Waals surface area (Å²) in [5.41, 5.74) is 1.37. The topological polar surface area (TPSA) is 17.3 Å². The number of aryl methyl sites for hydroxylation is 1. The van der Waals surface area contributed by atoms with Gasteiger partial charge >= 0.3 is 0 Å². The van der Waals surface area contributed by atoms with Crippen molar-refractivity contribution >= 4 is 21.4 Å². The molecule has 0 aliphatic heterocycles. The number of hydrogen-bond donors (Lipinski definition) is 0. The molecule has 2 heterocycles. The normalized spacial score (nSPS) is 11.1. The number of halogens is 2. The van der Waals surface area contributed by atoms with Gasteiger partial charge in [0.05, 0.1) is 5.69 Å². The molecule has 2 rings (SSSR count). The average Bonchev–Trinajstić information content (AvgIpc) is 2.59. The largest absolute Gasteiger partial charge is 0.301 e. The molecule has 80 valence electrons. The van der Waals surface area contributed by atoms with Crippen molar-refractivity contribution in [1.29, 1.82) is 0 Å². The second kappa shape index (κ2) is 4.31. The molecule has 0 amide bonds. The van der Waals surface area contributed by atoms with E-state index in [4.69, 9.17) is 0 Å². The molecule has 0 aliphatic rings. The molecule has 0 bridgehead atoms. The molecule has 0 atom stereocenters. The van der Waals surface area contributed by atoms with E-state index in [0.717, 1.165) is 24.4 Å². The minimum Gasteiger partial charge on any atom is -0.301 e. The van der Waals surface area contributed by atoms with Gasteiger partial charge in [0.2, 0.25) is 0 Å². The Hall–Kier alpha value is -0.900. The van der Waals surface area contributed by atoms with E-state index in [1.165, 1.54) is 6.07 Å². The zero-order valence-corrected chi connectivity index (χ0v) is 10.1. The quantitative estimate of drug-likeness (QED) is 0.783. The highest BCUT2D eigenvalue weighted by molar-refractivity contribution is 9.08. The minimum atomic E-state index is -0.207. The smallest absolute Gasteiger partial charge is 0.149 e. The predicted molar refractivity (Wildman–Crippen MR) is 61.8 cm³/mol. The first-order chi connectivity index (χ1) is 7.27. The van der Waals surface area contributed by atoms with Crippen LogP contribution in [0.1, 0.15) is 24.9 Å². The van der Waals surface area contributed by atoms with E-state index in [2.05, 4.69) is 27.8 Å². The van der Waals surface area contributed by atoms with E-state index in [-0.39, 0.29) is 5.82 Å². The first kappa shape index (κ1) is 10.6. The summed E-state index contributed by atoms with van der Waals surface area (Å²) in [6, 6.07) is 3.18. The Morgan fingerprint density at radius 3 is 3.00 bits per heavy atom. The monoisotopic (exact) mass is 270 g/mol. The zero-order valence-electron chi connectivity index (χ0n) is 8.50. The SMILES string of the molecule is CCCc1nc(CBr)c2c(F)cccn12. The molecule has 0 spiro atoms. The van der Waals surface area contributed by atoms with Gasteiger partial charge in [-0.2, -0.15) is 0 Å². The third kappa shape index (κ3) is 1.78. The molecule has 4 heteroatoms. The van der Waals surface area contributed by atoms with Gasteiger partial charge in [0, 0.05) is 17.9 Å². The lowest BCUT2D eigenvalue weighted by Crippen LogP contribution is -1.94. The van der Waals surface area contributed by atoms with Gasteiger partial charge < -0.3 is 4.40 Å². The van der Waals surface area contributed by atoms with Crippen LogP contribution in [-0.4, -0.2) is 9.38 Å². The summed E-state index contributed by atoms with van der Waals surface area (Å²) in [5.74, 6) is 0.725. The molecule has 0 aliphatic carbocycles. The van der Waals surface area contributed by atoms with Crippen molar-refractivity contribution in [2.24, 2.45) is 0 Å². The molecule has 2 aromatic heterocycles. The third-order valence-electron chi connectivity index (χ3n) is 2.36. The summed E-state index contributed by atoms with van der Waals surface area (Å²) >= 11 is 3.33. The van der Waals surface area contributed by atoms with E-state index >= 15 is 0 Å². The maximum atomic E-state index is 13.6. The first-order valence-electron chi connectivity index (χ1n) is 4.98. The maximum Gasteiger partial charge on any atom is 0.149 e. The molecular formula is C11H12BrFN2. The summed E-state index contributed by atoms with van der Waals surface area (Å²) in [7, 11) is 0. The summed E-state index contributed by atoms with van der Waals surface area (Å²) in [6.07, 6.45) is 3.75. The van der Waals surface area contributed by atoms with Crippen molar-refractivity contribution in [3.8, 4) is 0 Å². The van der Waals surface area contributed by atoms with Gasteiger partial charge in [-0.25, -0.2) is 9.37 Å². The van der Waals surface area contributed by atoms with Gasteiger partial charge in [-0.15, -0.1) is 0 Å². The summed E-state index contributed by atoms with van der Waals surface area (Å²) in [6.45, 7) is 2.09. The van der Waals surface area contributed by atoms with Crippen LogP contribution in [0.3, 0.4) is 0 Å². The molecule has 15 heavy (non-hydrogen) atoms. The lowest BCUT2D eigenvalue weighted by atomic mass is 10.3. The van der Waals surface area contributed by atoms with Gasteiger partial charge in [0.25, 0.3) is 0 Å². The fourth-order valence-electron chi connectivity index (χ4n) is 1.73. The molecular weight excluding hydrogens is 259 g/mol. The molecule has 0 radical (unpaired) electrons. The number of hydrogen-bond acceptors (Lipinski definition) is 1. The Balaban J connectivity index is 2.69. The fraction of sp³-hybridized carbons (Fsp3) is 0.364. The van der Waals surface area contributed by atoms with Gasteiger partial charge in [-0.3, -0.25) is 0 Å². The van der Waals surface area contributed by atoms with Crippen LogP contribution in [0.4, 0.5) is 4.39 Å². The van der Waals surface area contributed by atoms with Gasteiger partial charge in [0.15, 0.2) is 0 Å². The molecule has 0 N–H and O–H groups in total. The summed E-state index contributed by atoms with van der Waals surface area (Å²) in [4.78, 5) is 4.43. The van der Waals surface area contributed by atoms with Crippen molar-refractivity contribution in [1.82, 2.24) is 9.38 Å². The Morgan fingerprint density at radius 1 is 1.53 bits per heavy atom. The molecule has 0 saturated heterocycles. The number of aromatic nitrogens is 2. The Bertz CT molecular complexity index is 479. The number of pyridine rings is 1. The standard InChI is InChI=1S/C11H12BrFN2/c1-2-4-10-14-9(7-12)11-8(13)5-3-6-15(10)11/h3,5-6H,2,4,7H2,1H3. The van der Waals surface area contributed by atoms with Crippen molar-refractivity contribution < 1.29 is 4.39 Å². The molecule has 2 nitrogen and oxygen atoms in total. The summed E-state index contributed by atoms with van der Waals surface area (Å²) in [5, 5.41) is 0.584. The van der Waals surface area contributed by atoms with Crippen LogP contribution in [0.15, 0.2) is 18.3 Å². The Kier molecular flexibility index (Phi) is 3.05. The van der Waals surface area contributed by atoms with Crippen LogP contribution in [0, 0.1) is 5.82 Å². The summed E-state index contributed by atoms with van der Waals surface area (Å²) < 4.78 is 15.4. The number of alkyl halides is 1. The van der Waals surface area contributed by atoms with Crippen LogP contribution in [-0.2, 0) is 11.8 Å². The predicted octanol–water partition coefficient (Wildman–Crippen LogP) is 3.32.